The Hall–Kier alpha value is -2.21. The van der Waals surface area contributed by atoms with Gasteiger partial charge in [0.15, 0.2) is 17.3 Å². The quantitative estimate of drug-likeness (QED) is 0.516. The predicted octanol–water partition coefficient (Wildman–Crippen LogP) is 4.50. The van der Waals surface area contributed by atoms with Crippen molar-refractivity contribution in [3.63, 3.8) is 0 Å². The maximum Gasteiger partial charge on any atom is 0.357 e. The second-order valence-electron chi connectivity index (χ2n) is 5.58. The molecule has 0 radical (unpaired) electrons. The topological polar surface area (TPSA) is 86.3 Å². The number of hydrogen-bond acceptors (Lipinski definition) is 7. The molecule has 0 saturated heterocycles. The van der Waals surface area contributed by atoms with Crippen LogP contribution >= 0.6 is 7.60 Å². The summed E-state index contributed by atoms with van der Waals surface area (Å²) in [6.07, 6.45) is 0. The highest BCUT2D eigenvalue weighted by molar-refractivity contribution is 7.54. The summed E-state index contributed by atoms with van der Waals surface area (Å²) in [6.45, 7) is 4.18. The van der Waals surface area contributed by atoms with Gasteiger partial charge < -0.3 is 28.9 Å². The Morgan fingerprint density at radius 1 is 1.08 bits per heavy atom. The van der Waals surface area contributed by atoms with E-state index in [1.54, 1.807) is 56.3 Å². The molecule has 1 atom stereocenters. The highest BCUT2D eigenvalue weighted by atomic mass is 31.2. The van der Waals surface area contributed by atoms with Gasteiger partial charge in [-0.05, 0) is 55.8 Å². The van der Waals surface area contributed by atoms with Gasteiger partial charge in [-0.3, -0.25) is 4.57 Å². The first kappa shape index (κ1) is 18.6. The fourth-order valence-corrected chi connectivity index (χ4v) is 4.62. The predicted molar refractivity (Wildman–Crippen MR) is 97.9 cm³/mol. The van der Waals surface area contributed by atoms with Crippen LogP contribution in [0.3, 0.4) is 0 Å². The maximum atomic E-state index is 13.5. The molecule has 7 nitrogen and oxygen atoms in total. The van der Waals surface area contributed by atoms with Crippen molar-refractivity contribution in [2.24, 2.45) is 0 Å². The summed E-state index contributed by atoms with van der Waals surface area (Å²) in [4.78, 5) is 0. The van der Waals surface area contributed by atoms with Crippen LogP contribution in [0.25, 0.3) is 0 Å². The Kier molecular flexibility index (Phi) is 5.71. The average molecular weight is 379 g/mol. The van der Waals surface area contributed by atoms with Crippen molar-refractivity contribution in [3.8, 4) is 17.2 Å². The molecule has 0 fully saturated rings. The lowest BCUT2D eigenvalue weighted by Crippen LogP contribution is -2.15. The molecule has 1 aliphatic heterocycles. The van der Waals surface area contributed by atoms with E-state index in [1.165, 1.54) is 0 Å². The summed E-state index contributed by atoms with van der Waals surface area (Å²) < 4.78 is 35.3. The van der Waals surface area contributed by atoms with Crippen LogP contribution in [-0.2, 0) is 13.6 Å². The van der Waals surface area contributed by atoms with Gasteiger partial charge in [0.25, 0.3) is 0 Å². The summed E-state index contributed by atoms with van der Waals surface area (Å²) in [5.74, 6) is 0.619. The number of rotatable bonds is 8. The minimum Gasteiger partial charge on any atom is -0.508 e. The second-order valence-corrected chi connectivity index (χ2v) is 7.69. The van der Waals surface area contributed by atoms with Gasteiger partial charge in [-0.1, -0.05) is 6.07 Å². The number of phenolic OH excluding ortho intramolecular Hbond substituents is 1. The first-order valence-electron chi connectivity index (χ1n) is 8.39. The Bertz CT molecular complexity index is 785. The molecular weight excluding hydrogens is 357 g/mol. The summed E-state index contributed by atoms with van der Waals surface area (Å²) in [6, 6.07) is 11.8. The van der Waals surface area contributed by atoms with Crippen LogP contribution < -0.4 is 14.8 Å². The van der Waals surface area contributed by atoms with E-state index in [2.05, 4.69) is 5.32 Å². The van der Waals surface area contributed by atoms with Gasteiger partial charge in [0.1, 0.15) is 5.75 Å². The first-order valence-corrected chi connectivity index (χ1v) is 10.0. The van der Waals surface area contributed by atoms with E-state index >= 15 is 0 Å². The molecule has 0 aromatic heterocycles. The van der Waals surface area contributed by atoms with Crippen LogP contribution in [0.1, 0.15) is 25.2 Å². The number of aromatic hydroxyl groups is 1. The van der Waals surface area contributed by atoms with Gasteiger partial charge in [-0.2, -0.15) is 0 Å². The number of anilines is 1. The third kappa shape index (κ3) is 3.96. The van der Waals surface area contributed by atoms with Gasteiger partial charge in [-0.25, -0.2) is 0 Å². The fraction of sp³-hybridized carbons (Fsp3) is 0.333. The van der Waals surface area contributed by atoms with Gasteiger partial charge >= 0.3 is 7.60 Å². The number of fused-ring (bicyclic) bond motifs is 1. The van der Waals surface area contributed by atoms with Crippen LogP contribution in [-0.4, -0.2) is 25.1 Å². The lowest BCUT2D eigenvalue weighted by Gasteiger charge is -2.28. The molecule has 3 rings (SSSR count). The van der Waals surface area contributed by atoms with E-state index in [4.69, 9.17) is 18.5 Å². The van der Waals surface area contributed by atoms with Crippen molar-refractivity contribution >= 4 is 13.3 Å². The second kappa shape index (κ2) is 7.99. The van der Waals surface area contributed by atoms with E-state index < -0.39 is 13.4 Å². The molecule has 2 N–H and O–H groups in total. The molecule has 2 aromatic carbocycles. The Balaban J connectivity index is 1.99. The normalized spacial score (nSPS) is 14.2. The minimum atomic E-state index is -3.52. The van der Waals surface area contributed by atoms with Crippen molar-refractivity contribution in [2.75, 3.05) is 25.3 Å². The molecule has 26 heavy (non-hydrogen) atoms. The lowest BCUT2D eigenvalue weighted by atomic mass is 10.2. The number of ether oxygens (including phenoxy) is 2. The van der Waals surface area contributed by atoms with Crippen molar-refractivity contribution in [1.29, 1.82) is 0 Å². The van der Waals surface area contributed by atoms with Crippen LogP contribution in [0.15, 0.2) is 42.5 Å². The number of benzene rings is 2. The Morgan fingerprint density at radius 2 is 1.73 bits per heavy atom. The molecule has 0 amide bonds. The Labute approximate surface area is 152 Å². The van der Waals surface area contributed by atoms with E-state index in [9.17, 15) is 9.67 Å². The zero-order valence-electron chi connectivity index (χ0n) is 14.7. The van der Waals surface area contributed by atoms with E-state index in [-0.39, 0.29) is 25.8 Å². The molecular formula is C18H22NO6P. The molecule has 1 heterocycles. The molecule has 0 bridgehead atoms. The van der Waals surface area contributed by atoms with E-state index in [0.29, 0.717) is 22.7 Å². The fourth-order valence-electron chi connectivity index (χ4n) is 2.69. The van der Waals surface area contributed by atoms with Gasteiger partial charge in [-0.15, -0.1) is 0 Å². The van der Waals surface area contributed by atoms with Crippen molar-refractivity contribution < 1.29 is 28.2 Å². The summed E-state index contributed by atoms with van der Waals surface area (Å²) in [5.41, 5.74) is 1.36. The minimum absolute atomic E-state index is 0.146. The monoisotopic (exact) mass is 379 g/mol. The molecule has 1 unspecified atom stereocenters. The molecule has 1 aliphatic rings. The third-order valence-corrected chi connectivity index (χ3v) is 6.11. The lowest BCUT2D eigenvalue weighted by molar-refractivity contribution is 0.174. The summed E-state index contributed by atoms with van der Waals surface area (Å²) >= 11 is 0. The zero-order chi connectivity index (χ0) is 18.6. The van der Waals surface area contributed by atoms with Crippen LogP contribution in [0, 0.1) is 0 Å². The number of phenols is 1. The summed E-state index contributed by atoms with van der Waals surface area (Å²) in [7, 11) is -3.52. The maximum absolute atomic E-state index is 13.5. The molecule has 0 spiro atoms. The van der Waals surface area contributed by atoms with Crippen molar-refractivity contribution in [2.45, 2.75) is 19.6 Å². The highest BCUT2D eigenvalue weighted by Gasteiger charge is 2.38. The molecule has 2 aromatic rings. The standard InChI is InChI=1S/C18H22NO6P/c1-3-24-26(21,25-4-2)18(19-14-6-8-15(20)9-7-14)13-5-10-16-17(11-13)23-12-22-16/h5-11,18-20H,3-4,12H2,1-2H3. The highest BCUT2D eigenvalue weighted by Crippen LogP contribution is 2.61. The Morgan fingerprint density at radius 3 is 2.38 bits per heavy atom. The van der Waals surface area contributed by atoms with Crippen molar-refractivity contribution in [3.05, 3.63) is 48.0 Å². The average Bonchev–Trinajstić information content (AvgIpc) is 3.09. The third-order valence-electron chi connectivity index (χ3n) is 3.82. The SMILES string of the molecule is CCOP(=O)(OCC)C(Nc1ccc(O)cc1)c1ccc2c(c1)OCO2. The van der Waals surface area contributed by atoms with Gasteiger partial charge in [0.05, 0.1) is 13.2 Å². The number of hydrogen-bond donors (Lipinski definition) is 2. The first-order chi connectivity index (χ1) is 12.6. The molecule has 140 valence electrons. The van der Waals surface area contributed by atoms with Crippen LogP contribution in [0.5, 0.6) is 17.2 Å². The smallest absolute Gasteiger partial charge is 0.357 e. The molecule has 8 heteroatoms. The van der Waals surface area contributed by atoms with Crippen LogP contribution in [0.4, 0.5) is 5.69 Å². The number of nitrogens with one attached hydrogen (secondary N) is 1. The largest absolute Gasteiger partial charge is 0.508 e. The molecule has 0 aliphatic carbocycles. The molecule has 0 saturated carbocycles. The van der Waals surface area contributed by atoms with Crippen LogP contribution in [0.2, 0.25) is 0 Å². The van der Waals surface area contributed by atoms with Gasteiger partial charge in [0, 0.05) is 5.69 Å². The van der Waals surface area contributed by atoms with E-state index in [1.807, 2.05) is 0 Å². The van der Waals surface area contributed by atoms with Gasteiger partial charge in [0.2, 0.25) is 6.79 Å². The summed E-state index contributed by atoms with van der Waals surface area (Å²) in [5, 5.41) is 12.7. The van der Waals surface area contributed by atoms with Crippen molar-refractivity contribution in [1.82, 2.24) is 0 Å². The van der Waals surface area contributed by atoms with E-state index in [0.717, 1.165) is 0 Å². The zero-order valence-corrected chi connectivity index (χ0v) is 15.6.